The third-order valence-electron chi connectivity index (χ3n) is 4.95. The van der Waals surface area contributed by atoms with E-state index >= 15 is 0 Å². The van der Waals surface area contributed by atoms with E-state index in [2.05, 4.69) is 19.2 Å². The lowest BCUT2D eigenvalue weighted by Crippen LogP contribution is -2.62. The highest BCUT2D eigenvalue weighted by Crippen LogP contribution is 2.37. The fraction of sp³-hybridized carbons (Fsp3) is 0.773. The van der Waals surface area contributed by atoms with Gasteiger partial charge in [0.1, 0.15) is 5.41 Å². The lowest BCUT2D eigenvalue weighted by atomic mass is 9.74. The Bertz CT molecular complexity index is 553. The number of ether oxygens (including phenoxy) is 2. The second-order valence-electron chi connectivity index (χ2n) is 7.20. The number of imide groups is 2. The molecule has 4 amide bonds. The number of hydrogen-bond acceptors (Lipinski definition) is 5. The minimum Gasteiger partial charge on any atom is -0.353 e. The molecule has 1 aliphatic heterocycles. The van der Waals surface area contributed by atoms with E-state index in [4.69, 9.17) is 9.47 Å². The van der Waals surface area contributed by atoms with Gasteiger partial charge in [-0.3, -0.25) is 19.8 Å². The number of rotatable bonds is 6. The van der Waals surface area contributed by atoms with Crippen molar-refractivity contribution in [3.63, 3.8) is 0 Å². The van der Waals surface area contributed by atoms with Crippen LogP contribution in [0.3, 0.4) is 0 Å². The van der Waals surface area contributed by atoms with Crippen molar-refractivity contribution in [2.45, 2.75) is 86.4 Å². The Morgan fingerprint density at radius 3 is 2.03 bits per heavy atom. The van der Waals surface area contributed by atoms with E-state index in [0.29, 0.717) is 0 Å². The van der Waals surface area contributed by atoms with Crippen molar-refractivity contribution in [2.24, 2.45) is 5.41 Å². The van der Waals surface area contributed by atoms with Crippen LogP contribution in [0.5, 0.6) is 0 Å². The molecule has 0 spiro atoms. The summed E-state index contributed by atoms with van der Waals surface area (Å²) in [6.45, 7) is 13.2. The van der Waals surface area contributed by atoms with E-state index in [1.165, 1.54) is 19.9 Å². The Hall–Kier alpha value is -1.73. The van der Waals surface area contributed by atoms with Gasteiger partial charge in [0.2, 0.25) is 11.8 Å². The van der Waals surface area contributed by atoms with E-state index in [-0.39, 0.29) is 6.29 Å². The molecule has 7 nitrogen and oxygen atoms in total. The first-order valence-electron chi connectivity index (χ1n) is 10.8. The molecule has 0 radical (unpaired) electrons. The van der Waals surface area contributed by atoms with Gasteiger partial charge in [-0.15, -0.1) is 0 Å². The number of hydrogen-bond donors (Lipinski definition) is 1. The van der Waals surface area contributed by atoms with Crippen molar-refractivity contribution >= 4 is 17.8 Å². The molecule has 0 bridgehead atoms. The van der Waals surface area contributed by atoms with Gasteiger partial charge in [0, 0.05) is 20.3 Å². The minimum absolute atomic E-state index is 0.0370. The predicted molar refractivity (Wildman–Crippen MR) is 114 cm³/mol. The van der Waals surface area contributed by atoms with Crippen LogP contribution in [-0.4, -0.2) is 49.3 Å². The summed E-state index contributed by atoms with van der Waals surface area (Å²) in [5, 5.41) is 2.23. The zero-order valence-electron chi connectivity index (χ0n) is 19.3. The summed E-state index contributed by atoms with van der Waals surface area (Å²) in [6.07, 6.45) is 8.28. The number of nitrogens with one attached hydrogen (secondary N) is 1. The Morgan fingerprint density at radius 1 is 1.07 bits per heavy atom. The van der Waals surface area contributed by atoms with Crippen LogP contribution < -0.4 is 5.32 Å². The fourth-order valence-electron chi connectivity index (χ4n) is 2.92. The van der Waals surface area contributed by atoms with E-state index in [0.717, 1.165) is 49.4 Å². The van der Waals surface area contributed by atoms with Crippen molar-refractivity contribution in [1.82, 2.24) is 10.2 Å². The lowest BCUT2D eigenvalue weighted by Gasteiger charge is -2.37. The van der Waals surface area contributed by atoms with E-state index in [9.17, 15) is 14.4 Å². The highest BCUT2D eigenvalue weighted by molar-refractivity contribution is 6.20. The lowest BCUT2D eigenvalue weighted by molar-refractivity contribution is -0.146. The second-order valence-corrected chi connectivity index (χ2v) is 7.20. The average molecular weight is 413 g/mol. The van der Waals surface area contributed by atoms with E-state index in [1.807, 2.05) is 26.8 Å². The Labute approximate surface area is 176 Å². The highest BCUT2D eigenvalue weighted by Gasteiger charge is 2.51. The zero-order valence-corrected chi connectivity index (χ0v) is 19.3. The van der Waals surface area contributed by atoms with Crippen molar-refractivity contribution < 1.29 is 23.9 Å². The van der Waals surface area contributed by atoms with Gasteiger partial charge in [-0.05, 0) is 59.0 Å². The molecule has 29 heavy (non-hydrogen) atoms. The van der Waals surface area contributed by atoms with Crippen LogP contribution in [0.4, 0.5) is 4.79 Å². The molecule has 1 heterocycles. The van der Waals surface area contributed by atoms with Crippen LogP contribution in [0, 0.1) is 5.41 Å². The standard InChI is InChI=1S/C12H16N2O3.C6H14O2.C4H10/c1-12(8-6-4-3-5-7-8)9(15)13-11(17)14(2)10(12)16;1-4-7-6(3)8-5-2;1-3-4-2/h6H,3-5,7H2,1-2H3,(H,13,15,17);6H,4-5H2,1-3H3;3-4H2,1-2H3. The van der Waals surface area contributed by atoms with Gasteiger partial charge in [-0.25, -0.2) is 4.79 Å². The number of unbranched alkanes of at least 4 members (excludes halogenated alkanes) is 1. The molecule has 0 aromatic rings. The number of nitrogens with zero attached hydrogens (tertiary/aromatic N) is 1. The molecular weight excluding hydrogens is 372 g/mol. The van der Waals surface area contributed by atoms with Crippen molar-refractivity contribution in [3.05, 3.63) is 11.6 Å². The molecule has 7 heteroatoms. The summed E-state index contributed by atoms with van der Waals surface area (Å²) in [5.41, 5.74) is -0.367. The molecule has 168 valence electrons. The van der Waals surface area contributed by atoms with Gasteiger partial charge in [-0.1, -0.05) is 32.8 Å². The van der Waals surface area contributed by atoms with E-state index in [1.54, 1.807) is 6.92 Å². The first kappa shape index (κ1) is 27.3. The molecule has 2 aliphatic rings. The Kier molecular flexibility index (Phi) is 13.4. The number of barbiturate groups is 1. The van der Waals surface area contributed by atoms with Gasteiger partial charge in [-0.2, -0.15) is 0 Å². The number of carbonyl (C=O) groups excluding carboxylic acids is 3. The molecule has 2 rings (SSSR count). The van der Waals surface area contributed by atoms with Crippen LogP contribution in [-0.2, 0) is 19.1 Å². The SMILES string of the molecule is CCCC.CCOC(C)OCC.CN1C(=O)NC(=O)C(C)(C2=CCCCC2)C1=O. The fourth-order valence-corrected chi connectivity index (χ4v) is 2.92. The largest absolute Gasteiger partial charge is 0.353 e. The quantitative estimate of drug-likeness (QED) is 0.397. The summed E-state index contributed by atoms with van der Waals surface area (Å²) in [7, 11) is 1.39. The maximum atomic E-state index is 12.2. The normalized spacial score (nSPS) is 21.6. The van der Waals surface area contributed by atoms with Crippen LogP contribution in [0.1, 0.15) is 80.1 Å². The monoisotopic (exact) mass is 412 g/mol. The molecular formula is C22H40N2O5. The van der Waals surface area contributed by atoms with Crippen LogP contribution in [0.2, 0.25) is 0 Å². The Balaban J connectivity index is 0.000000547. The number of amides is 4. The summed E-state index contributed by atoms with van der Waals surface area (Å²) < 4.78 is 10.1. The summed E-state index contributed by atoms with van der Waals surface area (Å²) in [6, 6.07) is -0.645. The molecule has 1 unspecified atom stereocenters. The van der Waals surface area contributed by atoms with Gasteiger partial charge in [0.05, 0.1) is 0 Å². The smallest absolute Gasteiger partial charge is 0.330 e. The second kappa shape index (κ2) is 14.3. The van der Waals surface area contributed by atoms with Crippen molar-refractivity contribution in [2.75, 3.05) is 20.3 Å². The molecule has 1 saturated heterocycles. The Morgan fingerprint density at radius 2 is 1.62 bits per heavy atom. The molecule has 1 fully saturated rings. The number of carbonyl (C=O) groups is 3. The predicted octanol–water partition coefficient (Wildman–Crippen LogP) is 4.41. The highest BCUT2D eigenvalue weighted by atomic mass is 16.7. The molecule has 1 aliphatic carbocycles. The average Bonchev–Trinajstić information content (AvgIpc) is 2.72. The van der Waals surface area contributed by atoms with Gasteiger partial charge in [0.15, 0.2) is 6.29 Å². The minimum atomic E-state index is -1.21. The number of allylic oxidation sites excluding steroid dienone is 1. The molecule has 0 aromatic heterocycles. The van der Waals surface area contributed by atoms with Crippen molar-refractivity contribution in [3.8, 4) is 0 Å². The van der Waals surface area contributed by atoms with Crippen LogP contribution in [0.25, 0.3) is 0 Å². The molecule has 1 atom stereocenters. The summed E-state index contributed by atoms with van der Waals surface area (Å²) in [5.74, 6) is -0.932. The summed E-state index contributed by atoms with van der Waals surface area (Å²) in [4.78, 5) is 36.5. The third kappa shape index (κ3) is 8.26. The maximum Gasteiger partial charge on any atom is 0.330 e. The van der Waals surface area contributed by atoms with Gasteiger partial charge >= 0.3 is 6.03 Å². The maximum absolute atomic E-state index is 12.2. The third-order valence-corrected chi connectivity index (χ3v) is 4.95. The van der Waals surface area contributed by atoms with Gasteiger partial charge in [0.25, 0.3) is 0 Å². The van der Waals surface area contributed by atoms with Crippen LogP contribution >= 0.6 is 0 Å². The van der Waals surface area contributed by atoms with E-state index < -0.39 is 23.3 Å². The molecule has 1 N–H and O–H groups in total. The number of urea groups is 1. The zero-order chi connectivity index (χ0) is 22.4. The molecule has 0 saturated carbocycles. The topological polar surface area (TPSA) is 84.9 Å². The first-order valence-corrected chi connectivity index (χ1v) is 10.8. The van der Waals surface area contributed by atoms with Gasteiger partial charge < -0.3 is 9.47 Å². The molecule has 0 aromatic carbocycles. The van der Waals surface area contributed by atoms with Crippen molar-refractivity contribution in [1.29, 1.82) is 0 Å². The first-order chi connectivity index (χ1) is 13.7. The summed E-state index contributed by atoms with van der Waals surface area (Å²) >= 11 is 0. The van der Waals surface area contributed by atoms with Crippen LogP contribution in [0.15, 0.2) is 11.6 Å².